The molecule has 28 heavy (non-hydrogen) atoms. The van der Waals surface area contributed by atoms with Gasteiger partial charge in [-0.25, -0.2) is 0 Å². The summed E-state index contributed by atoms with van der Waals surface area (Å²) in [4.78, 5) is 0. The molecule has 2 atom stereocenters. The van der Waals surface area contributed by atoms with Gasteiger partial charge in [-0.2, -0.15) is 0 Å². The molecule has 0 aliphatic carbocycles. The van der Waals surface area contributed by atoms with Crippen LogP contribution in [0.3, 0.4) is 0 Å². The van der Waals surface area contributed by atoms with Crippen molar-refractivity contribution < 1.29 is 4.74 Å². The van der Waals surface area contributed by atoms with E-state index < -0.39 is 0 Å². The van der Waals surface area contributed by atoms with Crippen LogP contribution >= 0.6 is 0 Å². The lowest BCUT2D eigenvalue weighted by Crippen LogP contribution is -2.26. The molecular formula is C26H25NO. The minimum Gasteiger partial charge on any atom is -0.496 e. The highest BCUT2D eigenvalue weighted by molar-refractivity contribution is 5.88. The number of hydrogen-bond acceptors (Lipinski definition) is 2. The van der Waals surface area contributed by atoms with Crippen molar-refractivity contribution in [3.05, 3.63) is 114 Å². The first-order valence-electron chi connectivity index (χ1n) is 9.69. The number of nitrogens with one attached hydrogen (secondary N) is 1. The van der Waals surface area contributed by atoms with Gasteiger partial charge in [0.15, 0.2) is 0 Å². The van der Waals surface area contributed by atoms with Crippen molar-refractivity contribution in [2.45, 2.75) is 19.0 Å². The molecule has 1 N–H and O–H groups in total. The van der Waals surface area contributed by atoms with E-state index in [4.69, 9.17) is 4.74 Å². The van der Waals surface area contributed by atoms with Gasteiger partial charge >= 0.3 is 0 Å². The molecule has 0 radical (unpaired) electrons. The van der Waals surface area contributed by atoms with E-state index in [2.05, 4.69) is 109 Å². The quantitative estimate of drug-likeness (QED) is 0.432. The van der Waals surface area contributed by atoms with Crippen molar-refractivity contribution in [2.75, 3.05) is 7.11 Å². The predicted octanol–water partition coefficient (Wildman–Crippen LogP) is 6.29. The topological polar surface area (TPSA) is 21.3 Å². The van der Waals surface area contributed by atoms with Crippen molar-refractivity contribution in [3.8, 4) is 5.75 Å². The number of hydrogen-bond donors (Lipinski definition) is 1. The summed E-state index contributed by atoms with van der Waals surface area (Å²) in [5.41, 5.74) is 3.66. The van der Waals surface area contributed by atoms with Gasteiger partial charge in [0.2, 0.25) is 0 Å². The van der Waals surface area contributed by atoms with E-state index in [-0.39, 0.29) is 12.1 Å². The van der Waals surface area contributed by atoms with Gasteiger partial charge in [-0.15, -0.1) is 0 Å². The lowest BCUT2D eigenvalue weighted by atomic mass is 9.91. The molecule has 0 saturated heterocycles. The molecule has 140 valence electrons. The van der Waals surface area contributed by atoms with Crippen LogP contribution in [0.15, 0.2) is 97.1 Å². The van der Waals surface area contributed by atoms with Gasteiger partial charge in [-0.3, -0.25) is 5.32 Å². The van der Waals surface area contributed by atoms with Crippen molar-refractivity contribution in [1.82, 2.24) is 5.32 Å². The summed E-state index contributed by atoms with van der Waals surface area (Å²) in [5, 5.41) is 6.28. The summed E-state index contributed by atoms with van der Waals surface area (Å²) in [6.07, 6.45) is 0. The Morgan fingerprint density at radius 2 is 1.29 bits per heavy atom. The Balaban J connectivity index is 1.86. The van der Waals surface area contributed by atoms with Crippen molar-refractivity contribution >= 4 is 10.8 Å². The second-order valence-electron chi connectivity index (χ2n) is 7.05. The van der Waals surface area contributed by atoms with Gasteiger partial charge in [0, 0.05) is 11.6 Å². The molecular weight excluding hydrogens is 342 g/mol. The summed E-state index contributed by atoms with van der Waals surface area (Å²) in [5.74, 6) is 0.903. The summed E-state index contributed by atoms with van der Waals surface area (Å²) < 4.78 is 5.80. The van der Waals surface area contributed by atoms with Crippen molar-refractivity contribution in [3.63, 3.8) is 0 Å². The summed E-state index contributed by atoms with van der Waals surface area (Å²) in [6, 6.07) is 34.1. The van der Waals surface area contributed by atoms with Crippen LogP contribution in [-0.2, 0) is 0 Å². The molecule has 0 aliphatic heterocycles. The van der Waals surface area contributed by atoms with Gasteiger partial charge in [0.05, 0.1) is 13.2 Å². The normalized spacial score (nSPS) is 13.2. The van der Waals surface area contributed by atoms with Crippen LogP contribution in [0.4, 0.5) is 0 Å². The number of ether oxygens (including phenoxy) is 1. The first-order chi connectivity index (χ1) is 13.8. The average molecular weight is 367 g/mol. The lowest BCUT2D eigenvalue weighted by Gasteiger charge is -2.27. The van der Waals surface area contributed by atoms with E-state index in [0.29, 0.717) is 0 Å². The molecule has 4 aromatic rings. The van der Waals surface area contributed by atoms with E-state index >= 15 is 0 Å². The highest BCUT2D eigenvalue weighted by atomic mass is 16.5. The molecule has 0 aliphatic rings. The molecule has 0 unspecified atom stereocenters. The minimum absolute atomic E-state index is 0.0115. The second-order valence-corrected chi connectivity index (χ2v) is 7.05. The number of methoxy groups -OCH3 is 1. The van der Waals surface area contributed by atoms with Crippen LogP contribution < -0.4 is 10.1 Å². The van der Waals surface area contributed by atoms with Crippen LogP contribution in [0.25, 0.3) is 10.8 Å². The fraction of sp³-hybridized carbons (Fsp3) is 0.154. The molecule has 2 heteroatoms. The highest BCUT2D eigenvalue weighted by Crippen LogP contribution is 2.37. The highest BCUT2D eigenvalue weighted by Gasteiger charge is 2.23. The smallest absolute Gasteiger partial charge is 0.124 e. The number of benzene rings is 4. The molecule has 0 spiro atoms. The molecule has 2 nitrogen and oxygen atoms in total. The molecule has 4 aromatic carbocycles. The molecule has 0 aromatic heterocycles. The summed E-state index contributed by atoms with van der Waals surface area (Å²) in [7, 11) is 1.75. The Hall–Kier alpha value is -3.10. The van der Waals surface area contributed by atoms with Crippen molar-refractivity contribution in [1.29, 1.82) is 0 Å². The van der Waals surface area contributed by atoms with Crippen LogP contribution in [0.1, 0.15) is 35.7 Å². The summed E-state index contributed by atoms with van der Waals surface area (Å²) >= 11 is 0. The first-order valence-corrected chi connectivity index (χ1v) is 9.69. The number of fused-ring (bicyclic) bond motifs is 1. The second kappa shape index (κ2) is 8.28. The SMILES string of the molecule is COc1ccc2ccccc2c1[C@H](N[C@H](C)c1ccccc1)c1ccccc1. The Labute approximate surface area is 166 Å². The van der Waals surface area contributed by atoms with E-state index in [1.807, 2.05) is 0 Å². The molecule has 0 fully saturated rings. The zero-order chi connectivity index (χ0) is 19.3. The van der Waals surface area contributed by atoms with Crippen LogP contribution in [0, 0.1) is 0 Å². The Morgan fingerprint density at radius 3 is 1.96 bits per heavy atom. The monoisotopic (exact) mass is 367 g/mol. The maximum atomic E-state index is 5.80. The molecule has 0 amide bonds. The third-order valence-corrected chi connectivity index (χ3v) is 5.29. The van der Waals surface area contributed by atoms with E-state index in [1.54, 1.807) is 7.11 Å². The number of rotatable bonds is 6. The van der Waals surface area contributed by atoms with Crippen LogP contribution in [0.5, 0.6) is 5.75 Å². The molecule has 4 rings (SSSR count). The van der Waals surface area contributed by atoms with Crippen LogP contribution in [0.2, 0.25) is 0 Å². The third kappa shape index (κ3) is 3.64. The maximum Gasteiger partial charge on any atom is 0.124 e. The zero-order valence-corrected chi connectivity index (χ0v) is 16.3. The Morgan fingerprint density at radius 1 is 0.679 bits per heavy atom. The van der Waals surface area contributed by atoms with E-state index in [1.165, 1.54) is 27.5 Å². The fourth-order valence-electron chi connectivity index (χ4n) is 3.83. The van der Waals surface area contributed by atoms with Gasteiger partial charge in [-0.05, 0) is 34.9 Å². The molecule has 0 heterocycles. The predicted molar refractivity (Wildman–Crippen MR) is 117 cm³/mol. The molecule has 0 bridgehead atoms. The average Bonchev–Trinajstić information content (AvgIpc) is 2.78. The minimum atomic E-state index is 0.0115. The standard InChI is InChI=1S/C26H25NO/c1-19(20-11-5-3-6-12-20)27-26(22-14-7-4-8-15-22)25-23-16-10-9-13-21(23)17-18-24(25)28-2/h3-19,26-27H,1-2H3/t19-,26-/m1/s1. The maximum absolute atomic E-state index is 5.80. The third-order valence-electron chi connectivity index (χ3n) is 5.29. The van der Waals surface area contributed by atoms with Crippen molar-refractivity contribution in [2.24, 2.45) is 0 Å². The lowest BCUT2D eigenvalue weighted by molar-refractivity contribution is 0.401. The molecule has 0 saturated carbocycles. The summed E-state index contributed by atoms with van der Waals surface area (Å²) in [6.45, 7) is 2.21. The fourth-order valence-corrected chi connectivity index (χ4v) is 3.83. The van der Waals surface area contributed by atoms with E-state index in [9.17, 15) is 0 Å². The van der Waals surface area contributed by atoms with Crippen LogP contribution in [-0.4, -0.2) is 7.11 Å². The van der Waals surface area contributed by atoms with Gasteiger partial charge in [0.1, 0.15) is 5.75 Å². The Kier molecular flexibility index (Phi) is 5.41. The Bertz CT molecular complexity index is 1040. The largest absolute Gasteiger partial charge is 0.496 e. The van der Waals surface area contributed by atoms with Gasteiger partial charge in [-0.1, -0.05) is 91.0 Å². The van der Waals surface area contributed by atoms with Gasteiger partial charge < -0.3 is 4.74 Å². The zero-order valence-electron chi connectivity index (χ0n) is 16.3. The van der Waals surface area contributed by atoms with E-state index in [0.717, 1.165) is 5.75 Å². The first kappa shape index (κ1) is 18.3. The van der Waals surface area contributed by atoms with Gasteiger partial charge in [0.25, 0.3) is 0 Å².